The number of methoxy groups -OCH3 is 2. The van der Waals surface area contributed by atoms with Gasteiger partial charge in [0, 0.05) is 30.8 Å². The Morgan fingerprint density at radius 2 is 1.79 bits per heavy atom. The Hall–Kier alpha value is -3.65. The molecule has 4 rings (SSSR count). The van der Waals surface area contributed by atoms with Gasteiger partial charge in [-0.15, -0.1) is 0 Å². The minimum Gasteiger partial charge on any atom is -0.497 e. The van der Waals surface area contributed by atoms with Crippen molar-refractivity contribution in [2.75, 3.05) is 52.0 Å². The van der Waals surface area contributed by atoms with Crippen LogP contribution in [0.3, 0.4) is 0 Å². The van der Waals surface area contributed by atoms with E-state index in [2.05, 4.69) is 9.88 Å². The summed E-state index contributed by atoms with van der Waals surface area (Å²) in [6.45, 7) is 5.05. The zero-order valence-corrected chi connectivity index (χ0v) is 19.0. The fourth-order valence-electron chi connectivity index (χ4n) is 3.71. The number of fused-ring (bicyclic) bond motifs is 1. The van der Waals surface area contributed by atoms with Crippen molar-refractivity contribution in [1.82, 2.24) is 9.97 Å². The van der Waals surface area contributed by atoms with Crippen molar-refractivity contribution < 1.29 is 23.7 Å². The maximum absolute atomic E-state index is 12.4. The summed E-state index contributed by atoms with van der Waals surface area (Å²) < 4.78 is 21.5. The van der Waals surface area contributed by atoms with Gasteiger partial charge in [0.25, 0.3) is 0 Å². The molecule has 0 radical (unpaired) electrons. The Morgan fingerprint density at radius 1 is 1.06 bits per heavy atom. The highest BCUT2D eigenvalue weighted by Gasteiger charge is 2.16. The third-order valence-electron chi connectivity index (χ3n) is 5.39. The van der Waals surface area contributed by atoms with Gasteiger partial charge in [-0.05, 0) is 42.8 Å². The summed E-state index contributed by atoms with van der Waals surface area (Å²) in [4.78, 5) is 24.1. The Bertz CT molecular complexity index is 1150. The zero-order chi connectivity index (χ0) is 23.2. The SMILES string of the molecule is CCOC(=O)/C=C(\c1cc(OC)cc(OC)c1)c1ccc2ncc(N3CCOCC3)cc2n1. The lowest BCUT2D eigenvalue weighted by Crippen LogP contribution is -2.36. The highest BCUT2D eigenvalue weighted by Crippen LogP contribution is 2.31. The van der Waals surface area contributed by atoms with Crippen LogP contribution in [0, 0.1) is 0 Å². The first-order chi connectivity index (χ1) is 16.1. The van der Waals surface area contributed by atoms with Crippen LogP contribution < -0.4 is 14.4 Å². The van der Waals surface area contributed by atoms with Crippen molar-refractivity contribution >= 4 is 28.3 Å². The van der Waals surface area contributed by atoms with Crippen LogP contribution in [0.15, 0.2) is 48.7 Å². The van der Waals surface area contributed by atoms with Gasteiger partial charge >= 0.3 is 5.97 Å². The molecular formula is C25H27N3O5. The number of nitrogens with zero attached hydrogens (tertiary/aromatic N) is 3. The number of morpholine rings is 1. The predicted octanol–water partition coefficient (Wildman–Crippen LogP) is 3.48. The van der Waals surface area contributed by atoms with Crippen LogP contribution in [-0.4, -0.2) is 63.1 Å². The second kappa shape index (κ2) is 10.3. The molecule has 3 heterocycles. The topological polar surface area (TPSA) is 83.0 Å². The number of esters is 1. The van der Waals surface area contributed by atoms with Crippen LogP contribution in [0.5, 0.6) is 11.5 Å². The lowest BCUT2D eigenvalue weighted by molar-refractivity contribution is -0.137. The molecular weight excluding hydrogens is 422 g/mol. The number of carbonyl (C=O) groups excluding carboxylic acids is 1. The molecule has 0 bridgehead atoms. The summed E-state index contributed by atoms with van der Waals surface area (Å²) >= 11 is 0. The molecule has 1 aliphatic rings. The molecule has 172 valence electrons. The number of ether oxygens (including phenoxy) is 4. The molecule has 33 heavy (non-hydrogen) atoms. The van der Waals surface area contributed by atoms with E-state index in [4.69, 9.17) is 23.9 Å². The van der Waals surface area contributed by atoms with Gasteiger partial charge in [-0.1, -0.05) is 0 Å². The number of anilines is 1. The molecule has 0 atom stereocenters. The minimum atomic E-state index is -0.448. The molecule has 1 aliphatic heterocycles. The van der Waals surface area contributed by atoms with Crippen molar-refractivity contribution in [1.29, 1.82) is 0 Å². The highest BCUT2D eigenvalue weighted by atomic mass is 16.5. The summed E-state index contributed by atoms with van der Waals surface area (Å²) in [7, 11) is 3.17. The number of hydrogen-bond acceptors (Lipinski definition) is 8. The zero-order valence-electron chi connectivity index (χ0n) is 19.0. The molecule has 0 aliphatic carbocycles. The van der Waals surface area contributed by atoms with Gasteiger partial charge in [-0.2, -0.15) is 0 Å². The van der Waals surface area contributed by atoms with Gasteiger partial charge in [-0.25, -0.2) is 9.78 Å². The van der Waals surface area contributed by atoms with Crippen molar-refractivity contribution in [2.24, 2.45) is 0 Å². The van der Waals surface area contributed by atoms with Gasteiger partial charge in [0.05, 0.1) is 62.7 Å². The number of hydrogen-bond donors (Lipinski definition) is 0. The van der Waals surface area contributed by atoms with Crippen molar-refractivity contribution in [3.05, 3.63) is 59.9 Å². The molecule has 8 heteroatoms. The Kier molecular flexibility index (Phi) is 7.04. The Labute approximate surface area is 192 Å². The summed E-state index contributed by atoms with van der Waals surface area (Å²) in [6, 6.07) is 11.2. The van der Waals surface area contributed by atoms with Crippen LogP contribution in [0.2, 0.25) is 0 Å². The fourth-order valence-corrected chi connectivity index (χ4v) is 3.71. The van der Waals surface area contributed by atoms with E-state index in [1.165, 1.54) is 6.08 Å². The first kappa shape index (κ1) is 22.5. The number of benzene rings is 1. The van der Waals surface area contributed by atoms with E-state index in [0.717, 1.165) is 35.4 Å². The first-order valence-electron chi connectivity index (χ1n) is 10.8. The van der Waals surface area contributed by atoms with Crippen molar-refractivity contribution in [2.45, 2.75) is 6.92 Å². The molecule has 2 aromatic heterocycles. The van der Waals surface area contributed by atoms with E-state index in [1.807, 2.05) is 36.5 Å². The molecule has 1 aromatic carbocycles. The van der Waals surface area contributed by atoms with Crippen LogP contribution in [0.1, 0.15) is 18.2 Å². The van der Waals surface area contributed by atoms with Crippen LogP contribution in [-0.2, 0) is 14.3 Å². The number of carbonyl (C=O) groups is 1. The average molecular weight is 450 g/mol. The second-order valence-corrected chi connectivity index (χ2v) is 7.44. The average Bonchev–Trinajstić information content (AvgIpc) is 2.87. The maximum Gasteiger partial charge on any atom is 0.331 e. The van der Waals surface area contributed by atoms with Crippen LogP contribution in [0.4, 0.5) is 5.69 Å². The third-order valence-corrected chi connectivity index (χ3v) is 5.39. The van der Waals surface area contributed by atoms with E-state index in [0.29, 0.717) is 36.0 Å². The Balaban J connectivity index is 1.80. The summed E-state index contributed by atoms with van der Waals surface area (Å²) in [5, 5.41) is 0. The van der Waals surface area contributed by atoms with Gasteiger partial charge in [0.1, 0.15) is 11.5 Å². The number of rotatable bonds is 7. The fraction of sp³-hybridized carbons (Fsp3) is 0.320. The lowest BCUT2D eigenvalue weighted by Gasteiger charge is -2.28. The maximum atomic E-state index is 12.4. The molecule has 0 saturated carbocycles. The molecule has 0 spiro atoms. The minimum absolute atomic E-state index is 0.280. The molecule has 1 saturated heterocycles. The molecule has 1 fully saturated rings. The highest BCUT2D eigenvalue weighted by molar-refractivity contribution is 5.96. The smallest absolute Gasteiger partial charge is 0.331 e. The first-order valence-corrected chi connectivity index (χ1v) is 10.8. The largest absolute Gasteiger partial charge is 0.497 e. The van der Waals surface area contributed by atoms with E-state index >= 15 is 0 Å². The van der Waals surface area contributed by atoms with E-state index in [1.54, 1.807) is 27.2 Å². The summed E-state index contributed by atoms with van der Waals surface area (Å²) in [5.74, 6) is 0.767. The summed E-state index contributed by atoms with van der Waals surface area (Å²) in [5.41, 5.74) is 4.45. The normalized spacial score (nSPS) is 14.3. The summed E-state index contributed by atoms with van der Waals surface area (Å²) in [6.07, 6.45) is 3.31. The molecule has 0 N–H and O–H groups in total. The van der Waals surface area contributed by atoms with E-state index in [9.17, 15) is 4.79 Å². The van der Waals surface area contributed by atoms with Gasteiger partial charge in [0.15, 0.2) is 0 Å². The molecule has 8 nitrogen and oxygen atoms in total. The van der Waals surface area contributed by atoms with Crippen LogP contribution >= 0.6 is 0 Å². The standard InChI is InChI=1S/C25H27N3O5/c1-4-33-25(29)15-21(17-11-19(30-2)14-20(12-17)31-3)22-5-6-23-24(27-22)13-18(16-26-23)28-7-9-32-10-8-28/h5-6,11-16H,4,7-10H2,1-3H3/b21-15+. The quantitative estimate of drug-likeness (QED) is 0.401. The monoisotopic (exact) mass is 449 g/mol. The van der Waals surface area contributed by atoms with Crippen molar-refractivity contribution in [3.63, 3.8) is 0 Å². The van der Waals surface area contributed by atoms with Crippen LogP contribution in [0.25, 0.3) is 16.6 Å². The molecule has 3 aromatic rings. The van der Waals surface area contributed by atoms with Gasteiger partial charge in [-0.3, -0.25) is 4.98 Å². The molecule has 0 amide bonds. The molecule has 0 unspecified atom stereocenters. The van der Waals surface area contributed by atoms with E-state index < -0.39 is 5.97 Å². The third kappa shape index (κ3) is 5.23. The van der Waals surface area contributed by atoms with Gasteiger partial charge < -0.3 is 23.8 Å². The Morgan fingerprint density at radius 3 is 2.45 bits per heavy atom. The van der Waals surface area contributed by atoms with Gasteiger partial charge in [0.2, 0.25) is 0 Å². The van der Waals surface area contributed by atoms with E-state index in [-0.39, 0.29) is 6.61 Å². The van der Waals surface area contributed by atoms with Crippen molar-refractivity contribution in [3.8, 4) is 11.5 Å². The number of aromatic nitrogens is 2. The number of pyridine rings is 2. The predicted molar refractivity (Wildman–Crippen MR) is 126 cm³/mol. The second-order valence-electron chi connectivity index (χ2n) is 7.44. The lowest BCUT2D eigenvalue weighted by atomic mass is 10.0.